The minimum atomic E-state index is -0.665. The Labute approximate surface area is 149 Å². The van der Waals surface area contributed by atoms with Crippen LogP contribution in [0.1, 0.15) is 38.8 Å². The van der Waals surface area contributed by atoms with Crippen LogP contribution in [0, 0.1) is 0 Å². The van der Waals surface area contributed by atoms with E-state index in [4.69, 9.17) is 18.8 Å². The summed E-state index contributed by atoms with van der Waals surface area (Å²) in [5.74, 6) is 1.07. The first-order valence-electron chi connectivity index (χ1n) is 8.21. The van der Waals surface area contributed by atoms with Crippen LogP contribution in [-0.4, -0.2) is 49.4 Å². The molecule has 25 heavy (non-hydrogen) atoms. The summed E-state index contributed by atoms with van der Waals surface area (Å²) >= 11 is 0. The molecule has 6 nitrogen and oxygen atoms in total. The lowest BCUT2D eigenvalue weighted by Gasteiger charge is -2.32. The van der Waals surface area contributed by atoms with Gasteiger partial charge in [-0.3, -0.25) is 0 Å². The maximum absolute atomic E-state index is 9.87. The summed E-state index contributed by atoms with van der Waals surface area (Å²) in [6.45, 7) is 7.47. The molecule has 2 rings (SSSR count). The zero-order chi connectivity index (χ0) is 18.8. The molecule has 1 fully saturated rings. The summed E-state index contributed by atoms with van der Waals surface area (Å²) in [6, 6.07) is 3.46. The Kier molecular flexibility index (Phi) is 5.84. The SMILES string of the molecule is COc1cc(CO)cc(OC)c1C=C(CO)B1OC(C)(C)C(C)(C)O1. The van der Waals surface area contributed by atoms with Gasteiger partial charge >= 0.3 is 7.12 Å². The van der Waals surface area contributed by atoms with E-state index < -0.39 is 18.3 Å². The normalized spacial score (nSPS) is 19.2. The second-order valence-corrected chi connectivity index (χ2v) is 7.04. The highest BCUT2D eigenvalue weighted by Crippen LogP contribution is 2.40. The summed E-state index contributed by atoms with van der Waals surface area (Å²) in [6.07, 6.45) is 1.75. The van der Waals surface area contributed by atoms with Crippen LogP contribution in [0.5, 0.6) is 11.5 Å². The van der Waals surface area contributed by atoms with Gasteiger partial charge in [-0.1, -0.05) is 0 Å². The predicted molar refractivity (Wildman–Crippen MR) is 96.6 cm³/mol. The molecule has 7 heteroatoms. The Bertz CT molecular complexity index is 612. The van der Waals surface area contributed by atoms with E-state index in [2.05, 4.69) is 0 Å². The van der Waals surface area contributed by atoms with Crippen molar-refractivity contribution < 1.29 is 29.0 Å². The average molecular weight is 350 g/mol. The molecule has 1 aromatic rings. The van der Waals surface area contributed by atoms with Crippen LogP contribution in [0.15, 0.2) is 17.6 Å². The van der Waals surface area contributed by atoms with Gasteiger partial charge in [0.25, 0.3) is 0 Å². The predicted octanol–water partition coefficient (Wildman–Crippen LogP) is 2.20. The highest BCUT2D eigenvalue weighted by Gasteiger charge is 2.52. The van der Waals surface area contributed by atoms with Gasteiger partial charge in [0.15, 0.2) is 0 Å². The number of hydrogen-bond acceptors (Lipinski definition) is 6. The smallest absolute Gasteiger partial charge is 0.492 e. The number of hydrogen-bond donors (Lipinski definition) is 2. The number of aliphatic hydroxyl groups excluding tert-OH is 2. The Morgan fingerprint density at radius 1 is 1.04 bits per heavy atom. The van der Waals surface area contributed by atoms with Crippen molar-refractivity contribution in [1.29, 1.82) is 0 Å². The number of benzene rings is 1. The van der Waals surface area contributed by atoms with Gasteiger partial charge in [0, 0.05) is 0 Å². The molecule has 0 radical (unpaired) electrons. The lowest BCUT2D eigenvalue weighted by atomic mass is 9.77. The van der Waals surface area contributed by atoms with E-state index in [1.54, 1.807) is 32.4 Å². The molecule has 1 saturated heterocycles. The topological polar surface area (TPSA) is 77.4 Å². The molecule has 0 spiro atoms. The van der Waals surface area contributed by atoms with Gasteiger partial charge in [0.1, 0.15) is 11.5 Å². The molecule has 0 bridgehead atoms. The number of aliphatic hydroxyl groups is 2. The second-order valence-electron chi connectivity index (χ2n) is 7.04. The van der Waals surface area contributed by atoms with Crippen molar-refractivity contribution in [3.8, 4) is 11.5 Å². The van der Waals surface area contributed by atoms with E-state index >= 15 is 0 Å². The van der Waals surface area contributed by atoms with Crippen LogP contribution in [0.3, 0.4) is 0 Å². The number of methoxy groups -OCH3 is 2. The summed E-state index contributed by atoms with van der Waals surface area (Å²) in [7, 11) is 2.42. The third-order valence-corrected chi connectivity index (χ3v) is 4.85. The molecule has 1 aliphatic rings. The quantitative estimate of drug-likeness (QED) is 0.766. The van der Waals surface area contributed by atoms with E-state index in [1.165, 1.54) is 0 Å². The van der Waals surface area contributed by atoms with Gasteiger partial charge in [0.05, 0.1) is 44.2 Å². The second kappa shape index (κ2) is 7.37. The molecule has 1 aliphatic heterocycles. The van der Waals surface area contributed by atoms with E-state index in [0.717, 1.165) is 0 Å². The van der Waals surface area contributed by atoms with Gasteiger partial charge in [-0.2, -0.15) is 0 Å². The van der Waals surface area contributed by atoms with Crippen molar-refractivity contribution >= 4 is 13.2 Å². The van der Waals surface area contributed by atoms with Crippen LogP contribution in [0.4, 0.5) is 0 Å². The fourth-order valence-electron chi connectivity index (χ4n) is 2.59. The Morgan fingerprint density at radius 3 is 1.88 bits per heavy atom. The third-order valence-electron chi connectivity index (χ3n) is 4.85. The van der Waals surface area contributed by atoms with E-state index in [-0.39, 0.29) is 13.2 Å². The maximum atomic E-state index is 9.87. The highest BCUT2D eigenvalue weighted by atomic mass is 16.7. The molecule has 2 N–H and O–H groups in total. The van der Waals surface area contributed by atoms with E-state index in [0.29, 0.717) is 28.1 Å². The van der Waals surface area contributed by atoms with Crippen molar-refractivity contribution in [2.45, 2.75) is 45.5 Å². The molecule has 0 unspecified atom stereocenters. The Hall–Kier alpha value is -1.54. The van der Waals surface area contributed by atoms with Gasteiger partial charge in [-0.05, 0) is 56.9 Å². The van der Waals surface area contributed by atoms with Gasteiger partial charge in [-0.25, -0.2) is 0 Å². The summed E-state index contributed by atoms with van der Waals surface area (Å²) in [4.78, 5) is 0. The number of rotatable bonds is 6. The maximum Gasteiger partial charge on any atom is 0.492 e. The van der Waals surface area contributed by atoms with Crippen LogP contribution < -0.4 is 9.47 Å². The first-order valence-corrected chi connectivity index (χ1v) is 8.21. The summed E-state index contributed by atoms with van der Waals surface area (Å²) < 4.78 is 22.9. The van der Waals surface area contributed by atoms with Crippen molar-refractivity contribution in [1.82, 2.24) is 0 Å². The molecule has 0 aliphatic carbocycles. The molecule has 1 aromatic carbocycles. The molecular weight excluding hydrogens is 323 g/mol. The lowest BCUT2D eigenvalue weighted by molar-refractivity contribution is 0.00578. The molecule has 0 amide bonds. The average Bonchev–Trinajstić information content (AvgIpc) is 2.79. The minimum Gasteiger partial charge on any atom is -0.496 e. The first-order chi connectivity index (χ1) is 11.7. The van der Waals surface area contributed by atoms with Crippen LogP contribution in [-0.2, 0) is 15.9 Å². The highest BCUT2D eigenvalue weighted by molar-refractivity contribution is 6.55. The van der Waals surface area contributed by atoms with E-state index in [1.807, 2.05) is 27.7 Å². The Morgan fingerprint density at radius 2 is 1.52 bits per heavy atom. The van der Waals surface area contributed by atoms with Crippen molar-refractivity contribution in [2.75, 3.05) is 20.8 Å². The summed E-state index contributed by atoms with van der Waals surface area (Å²) in [5, 5.41) is 19.2. The Balaban J connectivity index is 2.47. The monoisotopic (exact) mass is 350 g/mol. The molecule has 138 valence electrons. The van der Waals surface area contributed by atoms with Crippen LogP contribution >= 0.6 is 0 Å². The first kappa shape index (κ1) is 19.8. The standard InChI is InChI=1S/C18H27BO6/c1-17(2)18(3,4)25-19(24-17)13(11-21)9-14-15(22-5)7-12(10-20)8-16(14)23-6/h7-9,20-21H,10-11H2,1-6H3. The van der Waals surface area contributed by atoms with E-state index in [9.17, 15) is 10.2 Å². The molecule has 0 atom stereocenters. The zero-order valence-electron chi connectivity index (χ0n) is 15.8. The molecular formula is C18H27BO6. The van der Waals surface area contributed by atoms with Crippen LogP contribution in [0.2, 0.25) is 0 Å². The van der Waals surface area contributed by atoms with Crippen molar-refractivity contribution in [3.05, 3.63) is 28.7 Å². The number of ether oxygens (including phenoxy) is 2. The third kappa shape index (κ3) is 3.85. The van der Waals surface area contributed by atoms with Gasteiger partial charge in [-0.15, -0.1) is 0 Å². The van der Waals surface area contributed by atoms with Gasteiger partial charge < -0.3 is 29.0 Å². The molecule has 0 aromatic heterocycles. The van der Waals surface area contributed by atoms with Crippen LogP contribution in [0.25, 0.3) is 6.08 Å². The minimum absolute atomic E-state index is 0.124. The zero-order valence-corrected chi connectivity index (χ0v) is 15.8. The molecule has 0 saturated carbocycles. The lowest BCUT2D eigenvalue weighted by Crippen LogP contribution is -2.41. The van der Waals surface area contributed by atoms with Crippen molar-refractivity contribution in [3.63, 3.8) is 0 Å². The van der Waals surface area contributed by atoms with Crippen molar-refractivity contribution in [2.24, 2.45) is 0 Å². The fourth-order valence-corrected chi connectivity index (χ4v) is 2.59. The largest absolute Gasteiger partial charge is 0.496 e. The fraction of sp³-hybridized carbons (Fsp3) is 0.556. The van der Waals surface area contributed by atoms with Gasteiger partial charge in [0.2, 0.25) is 0 Å². The molecule has 1 heterocycles. The summed E-state index contributed by atoms with van der Waals surface area (Å²) in [5.41, 5.74) is 0.891.